The van der Waals surface area contributed by atoms with Crippen molar-refractivity contribution in [3.63, 3.8) is 0 Å². The van der Waals surface area contributed by atoms with Crippen LogP contribution in [0.1, 0.15) is 18.1 Å². The topological polar surface area (TPSA) is 79.5 Å². The predicted molar refractivity (Wildman–Crippen MR) is 111 cm³/mol. The standard InChI is InChI=1S/C18H22N4O.HI/c1-13-3-7-17(8-4-13)22-18(19)20-12-11-15-5-9-16(10-6-15)21-14(2)23;/h3-10H,11-12H2,1-2H3,(H,21,23)(H3,19,20,22);1H. The number of amides is 1. The molecule has 0 heterocycles. The summed E-state index contributed by atoms with van der Waals surface area (Å²) in [4.78, 5) is 15.3. The maximum Gasteiger partial charge on any atom is 0.221 e. The molecule has 0 atom stereocenters. The molecule has 2 aromatic rings. The predicted octanol–water partition coefficient (Wildman–Crippen LogP) is 3.54. The molecule has 128 valence electrons. The lowest BCUT2D eigenvalue weighted by Crippen LogP contribution is -2.23. The van der Waals surface area contributed by atoms with E-state index in [0.717, 1.165) is 23.4 Å². The molecule has 0 fully saturated rings. The number of guanidine groups is 1. The maximum absolute atomic E-state index is 11.0. The van der Waals surface area contributed by atoms with Crippen LogP contribution in [0, 0.1) is 6.92 Å². The van der Waals surface area contributed by atoms with Gasteiger partial charge in [0, 0.05) is 24.8 Å². The number of nitrogens with two attached hydrogens (primary N) is 1. The van der Waals surface area contributed by atoms with Gasteiger partial charge in [-0.3, -0.25) is 9.79 Å². The largest absolute Gasteiger partial charge is 0.370 e. The molecule has 0 saturated carbocycles. The Hall–Kier alpha value is -2.09. The van der Waals surface area contributed by atoms with Crippen LogP contribution in [0.4, 0.5) is 11.4 Å². The fourth-order valence-corrected chi connectivity index (χ4v) is 2.09. The van der Waals surface area contributed by atoms with Crippen molar-refractivity contribution in [2.75, 3.05) is 17.2 Å². The number of rotatable bonds is 5. The number of hydrogen-bond acceptors (Lipinski definition) is 2. The zero-order valence-electron chi connectivity index (χ0n) is 13.9. The molecule has 0 unspecified atom stereocenters. The number of nitrogens with zero attached hydrogens (tertiary/aromatic N) is 1. The molecule has 0 saturated heterocycles. The zero-order valence-corrected chi connectivity index (χ0v) is 16.2. The fourth-order valence-electron chi connectivity index (χ4n) is 2.09. The monoisotopic (exact) mass is 438 g/mol. The van der Waals surface area contributed by atoms with Gasteiger partial charge in [0.05, 0.1) is 0 Å². The number of hydrogen-bond donors (Lipinski definition) is 3. The highest BCUT2D eigenvalue weighted by Gasteiger charge is 1.98. The Kier molecular flexibility index (Phi) is 8.25. The fraction of sp³-hybridized carbons (Fsp3) is 0.222. The highest BCUT2D eigenvalue weighted by Crippen LogP contribution is 2.10. The first kappa shape index (κ1) is 20.0. The third kappa shape index (κ3) is 6.99. The number of carbonyl (C=O) groups is 1. The summed E-state index contributed by atoms with van der Waals surface area (Å²) in [5, 5.41) is 5.81. The Bertz CT molecular complexity index is 681. The van der Waals surface area contributed by atoms with Gasteiger partial charge >= 0.3 is 0 Å². The number of aryl methyl sites for hydroxylation is 1. The third-order valence-electron chi connectivity index (χ3n) is 3.28. The minimum Gasteiger partial charge on any atom is -0.370 e. The summed E-state index contributed by atoms with van der Waals surface area (Å²) in [6.45, 7) is 4.13. The Morgan fingerprint density at radius 3 is 2.12 bits per heavy atom. The normalized spacial score (nSPS) is 10.7. The van der Waals surface area contributed by atoms with Crippen molar-refractivity contribution in [3.05, 3.63) is 59.7 Å². The van der Waals surface area contributed by atoms with E-state index in [2.05, 4.69) is 15.6 Å². The van der Waals surface area contributed by atoms with Gasteiger partial charge < -0.3 is 16.4 Å². The highest BCUT2D eigenvalue weighted by atomic mass is 127. The molecule has 5 nitrogen and oxygen atoms in total. The number of benzene rings is 2. The van der Waals surface area contributed by atoms with Gasteiger partial charge in [0.25, 0.3) is 0 Å². The third-order valence-corrected chi connectivity index (χ3v) is 3.28. The van der Waals surface area contributed by atoms with E-state index >= 15 is 0 Å². The Morgan fingerprint density at radius 2 is 1.54 bits per heavy atom. The van der Waals surface area contributed by atoms with E-state index in [9.17, 15) is 4.79 Å². The molecular weight excluding hydrogens is 415 g/mol. The van der Waals surface area contributed by atoms with E-state index in [1.807, 2.05) is 55.5 Å². The van der Waals surface area contributed by atoms with Gasteiger partial charge in [0.15, 0.2) is 5.96 Å². The van der Waals surface area contributed by atoms with E-state index in [-0.39, 0.29) is 29.9 Å². The molecule has 2 rings (SSSR count). The van der Waals surface area contributed by atoms with Gasteiger partial charge in [-0.05, 0) is 43.2 Å². The quantitative estimate of drug-likeness (QED) is 0.380. The average molecular weight is 438 g/mol. The van der Waals surface area contributed by atoms with E-state index < -0.39 is 0 Å². The molecule has 0 aliphatic heterocycles. The second-order valence-corrected chi connectivity index (χ2v) is 5.39. The second kappa shape index (κ2) is 9.92. The van der Waals surface area contributed by atoms with Crippen LogP contribution in [0.2, 0.25) is 0 Å². The van der Waals surface area contributed by atoms with E-state index in [4.69, 9.17) is 5.73 Å². The van der Waals surface area contributed by atoms with Crippen LogP contribution in [-0.2, 0) is 11.2 Å². The zero-order chi connectivity index (χ0) is 16.7. The molecule has 0 radical (unpaired) electrons. The minimum absolute atomic E-state index is 0. The summed E-state index contributed by atoms with van der Waals surface area (Å²) in [5.41, 5.74) is 9.95. The molecule has 6 heteroatoms. The first-order chi connectivity index (χ1) is 11.0. The Labute approximate surface area is 159 Å². The maximum atomic E-state index is 11.0. The SMILES string of the molecule is CC(=O)Nc1ccc(CCN=C(N)Nc2ccc(C)cc2)cc1.I. The summed E-state index contributed by atoms with van der Waals surface area (Å²) in [5.74, 6) is 0.334. The summed E-state index contributed by atoms with van der Waals surface area (Å²) >= 11 is 0. The summed E-state index contributed by atoms with van der Waals surface area (Å²) in [6, 6.07) is 15.7. The van der Waals surface area contributed by atoms with Crippen LogP contribution >= 0.6 is 24.0 Å². The van der Waals surface area contributed by atoms with E-state index in [0.29, 0.717) is 12.5 Å². The molecule has 0 spiro atoms. The molecule has 0 aliphatic rings. The van der Waals surface area contributed by atoms with Crippen molar-refractivity contribution in [3.8, 4) is 0 Å². The van der Waals surface area contributed by atoms with Crippen LogP contribution in [0.5, 0.6) is 0 Å². The van der Waals surface area contributed by atoms with Crippen molar-refractivity contribution in [2.45, 2.75) is 20.3 Å². The number of nitrogens with one attached hydrogen (secondary N) is 2. The van der Waals surface area contributed by atoms with Gasteiger partial charge in [0.2, 0.25) is 5.91 Å². The Balaban J connectivity index is 0.00000288. The smallest absolute Gasteiger partial charge is 0.221 e. The average Bonchev–Trinajstić information content (AvgIpc) is 2.51. The van der Waals surface area contributed by atoms with Gasteiger partial charge in [-0.1, -0.05) is 29.8 Å². The summed E-state index contributed by atoms with van der Waals surface area (Å²) in [7, 11) is 0. The van der Waals surface area contributed by atoms with E-state index in [1.54, 1.807) is 0 Å². The van der Waals surface area contributed by atoms with Crippen molar-refractivity contribution in [1.82, 2.24) is 0 Å². The van der Waals surface area contributed by atoms with Crippen LogP contribution in [-0.4, -0.2) is 18.4 Å². The summed E-state index contributed by atoms with van der Waals surface area (Å²) < 4.78 is 0. The van der Waals surface area contributed by atoms with Crippen LogP contribution < -0.4 is 16.4 Å². The molecule has 0 bridgehead atoms. The van der Waals surface area contributed by atoms with E-state index in [1.165, 1.54) is 12.5 Å². The van der Waals surface area contributed by atoms with Crippen LogP contribution in [0.3, 0.4) is 0 Å². The number of anilines is 2. The number of carbonyl (C=O) groups excluding carboxylic acids is 1. The highest BCUT2D eigenvalue weighted by molar-refractivity contribution is 14.0. The van der Waals surface area contributed by atoms with Crippen molar-refractivity contribution in [2.24, 2.45) is 10.7 Å². The molecule has 4 N–H and O–H groups in total. The van der Waals surface area contributed by atoms with Crippen molar-refractivity contribution < 1.29 is 4.79 Å². The molecule has 0 aromatic heterocycles. The van der Waals surface area contributed by atoms with Gasteiger partial charge in [-0.25, -0.2) is 0 Å². The molecule has 1 amide bonds. The van der Waals surface area contributed by atoms with Crippen LogP contribution in [0.25, 0.3) is 0 Å². The molecule has 2 aromatic carbocycles. The van der Waals surface area contributed by atoms with Gasteiger partial charge in [0.1, 0.15) is 0 Å². The molecule has 24 heavy (non-hydrogen) atoms. The van der Waals surface area contributed by atoms with Gasteiger partial charge in [-0.2, -0.15) is 0 Å². The van der Waals surface area contributed by atoms with Crippen LogP contribution in [0.15, 0.2) is 53.5 Å². The second-order valence-electron chi connectivity index (χ2n) is 5.39. The minimum atomic E-state index is -0.0719. The lowest BCUT2D eigenvalue weighted by atomic mass is 10.1. The molecule has 0 aliphatic carbocycles. The first-order valence-electron chi connectivity index (χ1n) is 7.53. The first-order valence-corrected chi connectivity index (χ1v) is 7.53. The van der Waals surface area contributed by atoms with Crippen molar-refractivity contribution >= 4 is 47.2 Å². The summed E-state index contributed by atoms with van der Waals surface area (Å²) in [6.07, 6.45) is 0.788. The molecular formula is C18H23IN4O. The number of aliphatic imine (C=N–C) groups is 1. The van der Waals surface area contributed by atoms with Gasteiger partial charge in [-0.15, -0.1) is 24.0 Å². The lowest BCUT2D eigenvalue weighted by molar-refractivity contribution is -0.114. The number of halogens is 1. The Morgan fingerprint density at radius 1 is 1.00 bits per heavy atom. The van der Waals surface area contributed by atoms with Crippen molar-refractivity contribution in [1.29, 1.82) is 0 Å². The lowest BCUT2D eigenvalue weighted by Gasteiger charge is -2.06.